The molecule has 1 aliphatic carbocycles. The second-order valence-corrected chi connectivity index (χ2v) is 7.31. The van der Waals surface area contributed by atoms with Crippen molar-refractivity contribution in [3.8, 4) is 5.75 Å². The Morgan fingerprint density at radius 3 is 2.32 bits per heavy atom. The number of urea groups is 1. The normalized spacial score (nSPS) is 19.5. The molecule has 25 heavy (non-hydrogen) atoms. The lowest BCUT2D eigenvalue weighted by atomic mass is 9.94. The van der Waals surface area contributed by atoms with Crippen LogP contribution in [0.3, 0.4) is 0 Å². The number of piperidine rings is 1. The van der Waals surface area contributed by atoms with Gasteiger partial charge in [-0.3, -0.25) is 0 Å². The van der Waals surface area contributed by atoms with Gasteiger partial charge in [0.15, 0.2) is 0 Å². The molecular formula is C20H31N3O2. The van der Waals surface area contributed by atoms with Crippen molar-refractivity contribution in [1.29, 1.82) is 0 Å². The molecule has 2 fully saturated rings. The zero-order chi connectivity index (χ0) is 17.6. The summed E-state index contributed by atoms with van der Waals surface area (Å²) in [7, 11) is 3.64. The Bertz CT molecular complexity index is 547. The topological polar surface area (TPSA) is 44.8 Å². The van der Waals surface area contributed by atoms with E-state index in [-0.39, 0.29) is 12.1 Å². The summed E-state index contributed by atoms with van der Waals surface area (Å²) >= 11 is 0. The number of amides is 2. The maximum Gasteiger partial charge on any atom is 0.317 e. The largest absolute Gasteiger partial charge is 0.497 e. The first kappa shape index (κ1) is 17.9. The Labute approximate surface area is 151 Å². The van der Waals surface area contributed by atoms with Gasteiger partial charge in [0.1, 0.15) is 5.75 Å². The number of nitrogens with one attached hydrogen (secondary N) is 1. The smallest absolute Gasteiger partial charge is 0.317 e. The average molecular weight is 345 g/mol. The van der Waals surface area contributed by atoms with Crippen LogP contribution in [-0.4, -0.2) is 50.3 Å². The molecule has 1 aliphatic heterocycles. The number of methoxy groups -OCH3 is 1. The van der Waals surface area contributed by atoms with Crippen LogP contribution in [0.15, 0.2) is 24.3 Å². The standard InChI is InChI=1S/C20H31N3O2/c1-22(17-6-4-3-5-7-17)20(24)21-16-12-14-23(15-13-16)18-8-10-19(25-2)11-9-18/h8-11,16-17H,3-7,12-15H2,1-2H3,(H,21,24). The van der Waals surface area contributed by atoms with E-state index in [0.717, 1.165) is 44.5 Å². The van der Waals surface area contributed by atoms with Gasteiger partial charge in [-0.2, -0.15) is 0 Å². The lowest BCUT2D eigenvalue weighted by Crippen LogP contribution is -2.51. The third-order valence-electron chi connectivity index (χ3n) is 5.70. The van der Waals surface area contributed by atoms with Crippen molar-refractivity contribution in [3.63, 3.8) is 0 Å². The van der Waals surface area contributed by atoms with Crippen molar-refractivity contribution >= 4 is 11.7 Å². The molecule has 5 nitrogen and oxygen atoms in total. The number of nitrogens with zero attached hydrogens (tertiary/aromatic N) is 2. The molecule has 1 saturated heterocycles. The Kier molecular flexibility index (Phi) is 6.05. The Hall–Kier alpha value is -1.91. The molecule has 1 saturated carbocycles. The number of benzene rings is 1. The highest BCUT2D eigenvalue weighted by atomic mass is 16.5. The van der Waals surface area contributed by atoms with Crippen LogP contribution in [-0.2, 0) is 0 Å². The van der Waals surface area contributed by atoms with Gasteiger partial charge in [0.25, 0.3) is 0 Å². The van der Waals surface area contributed by atoms with Crippen molar-refractivity contribution < 1.29 is 9.53 Å². The molecule has 0 radical (unpaired) electrons. The second kappa shape index (κ2) is 8.45. The summed E-state index contributed by atoms with van der Waals surface area (Å²) in [5.74, 6) is 0.886. The van der Waals surface area contributed by atoms with Crippen LogP contribution in [0.2, 0.25) is 0 Å². The molecule has 1 aromatic rings. The van der Waals surface area contributed by atoms with Gasteiger partial charge >= 0.3 is 6.03 Å². The minimum absolute atomic E-state index is 0.106. The fourth-order valence-corrected chi connectivity index (χ4v) is 3.99. The molecule has 1 aromatic carbocycles. The van der Waals surface area contributed by atoms with Crippen molar-refractivity contribution in [2.45, 2.75) is 57.0 Å². The lowest BCUT2D eigenvalue weighted by molar-refractivity contribution is 0.168. The molecular weight excluding hydrogens is 314 g/mol. The summed E-state index contributed by atoms with van der Waals surface area (Å²) in [5, 5.41) is 3.25. The molecule has 0 spiro atoms. The van der Waals surface area contributed by atoms with Gasteiger partial charge in [0.05, 0.1) is 7.11 Å². The fourth-order valence-electron chi connectivity index (χ4n) is 3.99. The van der Waals surface area contributed by atoms with Crippen LogP contribution in [0.25, 0.3) is 0 Å². The van der Waals surface area contributed by atoms with E-state index in [2.05, 4.69) is 22.3 Å². The Morgan fingerprint density at radius 2 is 1.72 bits per heavy atom. The van der Waals surface area contributed by atoms with E-state index in [4.69, 9.17) is 4.74 Å². The molecule has 2 amide bonds. The molecule has 5 heteroatoms. The van der Waals surface area contributed by atoms with Crippen LogP contribution in [0, 0.1) is 0 Å². The van der Waals surface area contributed by atoms with Crippen LogP contribution in [0.1, 0.15) is 44.9 Å². The number of ether oxygens (including phenoxy) is 1. The molecule has 2 aliphatic rings. The molecule has 138 valence electrons. The van der Waals surface area contributed by atoms with Crippen LogP contribution in [0.4, 0.5) is 10.5 Å². The van der Waals surface area contributed by atoms with E-state index >= 15 is 0 Å². The number of anilines is 1. The Morgan fingerprint density at radius 1 is 1.08 bits per heavy atom. The van der Waals surface area contributed by atoms with Crippen molar-refractivity contribution in [3.05, 3.63) is 24.3 Å². The molecule has 1 heterocycles. The predicted octanol–water partition coefficient (Wildman–Crippen LogP) is 3.64. The summed E-state index contributed by atoms with van der Waals surface area (Å²) < 4.78 is 5.22. The molecule has 0 bridgehead atoms. The van der Waals surface area contributed by atoms with Gasteiger partial charge in [0, 0.05) is 37.9 Å². The van der Waals surface area contributed by atoms with Gasteiger partial charge in [-0.25, -0.2) is 4.79 Å². The van der Waals surface area contributed by atoms with Gasteiger partial charge in [-0.15, -0.1) is 0 Å². The predicted molar refractivity (Wildman–Crippen MR) is 101 cm³/mol. The zero-order valence-corrected chi connectivity index (χ0v) is 15.5. The number of hydrogen-bond acceptors (Lipinski definition) is 3. The van der Waals surface area contributed by atoms with Crippen LogP contribution >= 0.6 is 0 Å². The molecule has 1 N–H and O–H groups in total. The van der Waals surface area contributed by atoms with E-state index in [1.54, 1.807) is 7.11 Å². The summed E-state index contributed by atoms with van der Waals surface area (Å²) in [4.78, 5) is 16.8. The van der Waals surface area contributed by atoms with E-state index < -0.39 is 0 Å². The maximum absolute atomic E-state index is 12.5. The highest BCUT2D eigenvalue weighted by molar-refractivity contribution is 5.74. The lowest BCUT2D eigenvalue weighted by Gasteiger charge is -2.36. The van der Waals surface area contributed by atoms with Crippen molar-refractivity contribution in [1.82, 2.24) is 10.2 Å². The first-order valence-electron chi connectivity index (χ1n) is 9.59. The minimum atomic E-state index is 0.106. The molecule has 0 aromatic heterocycles. The summed E-state index contributed by atoms with van der Waals surface area (Å²) in [6, 6.07) is 9.03. The second-order valence-electron chi connectivity index (χ2n) is 7.31. The highest BCUT2D eigenvalue weighted by Crippen LogP contribution is 2.24. The van der Waals surface area contributed by atoms with E-state index in [1.165, 1.54) is 24.9 Å². The van der Waals surface area contributed by atoms with Gasteiger partial charge in [0.2, 0.25) is 0 Å². The quantitative estimate of drug-likeness (QED) is 0.906. The summed E-state index contributed by atoms with van der Waals surface area (Å²) in [6.07, 6.45) is 8.12. The molecule has 0 atom stereocenters. The van der Waals surface area contributed by atoms with Crippen LogP contribution < -0.4 is 15.0 Å². The first-order chi connectivity index (χ1) is 12.2. The van der Waals surface area contributed by atoms with Gasteiger partial charge in [-0.05, 0) is 49.9 Å². The van der Waals surface area contributed by atoms with Gasteiger partial charge < -0.3 is 19.9 Å². The van der Waals surface area contributed by atoms with Crippen molar-refractivity contribution in [2.24, 2.45) is 0 Å². The number of rotatable bonds is 4. The zero-order valence-electron chi connectivity index (χ0n) is 15.5. The number of hydrogen-bond donors (Lipinski definition) is 1. The summed E-state index contributed by atoms with van der Waals surface area (Å²) in [6.45, 7) is 1.95. The monoisotopic (exact) mass is 345 g/mol. The summed E-state index contributed by atoms with van der Waals surface area (Å²) in [5.41, 5.74) is 1.23. The van der Waals surface area contributed by atoms with E-state index in [9.17, 15) is 4.79 Å². The third kappa shape index (κ3) is 4.59. The number of carbonyl (C=O) groups excluding carboxylic acids is 1. The average Bonchev–Trinajstić information content (AvgIpc) is 2.68. The molecule has 0 unspecified atom stereocenters. The van der Waals surface area contributed by atoms with Gasteiger partial charge in [-0.1, -0.05) is 19.3 Å². The number of carbonyl (C=O) groups is 1. The SMILES string of the molecule is COc1ccc(N2CCC(NC(=O)N(C)C3CCCCC3)CC2)cc1. The molecule has 3 rings (SSSR count). The first-order valence-corrected chi connectivity index (χ1v) is 9.59. The Balaban J connectivity index is 1.46. The third-order valence-corrected chi connectivity index (χ3v) is 5.70. The maximum atomic E-state index is 12.5. The van der Waals surface area contributed by atoms with Crippen LogP contribution in [0.5, 0.6) is 5.75 Å². The fraction of sp³-hybridized carbons (Fsp3) is 0.650. The highest BCUT2D eigenvalue weighted by Gasteiger charge is 2.26. The minimum Gasteiger partial charge on any atom is -0.497 e. The van der Waals surface area contributed by atoms with E-state index in [1.807, 2.05) is 24.1 Å². The van der Waals surface area contributed by atoms with E-state index in [0.29, 0.717) is 6.04 Å². The van der Waals surface area contributed by atoms with Crippen molar-refractivity contribution in [2.75, 3.05) is 32.1 Å².